The molecule has 2 aliphatic rings. The molecule has 1 N–H and O–H groups in total. The SMILES string of the molecule is C/C=[N+](/C(C)=O)C(=O)N[C@@H]1C(=O)N2C(C)=C(C)CS[C@H]12. The number of carbonyl (C=O) groups excluding carboxylic acids is 3. The Morgan fingerprint density at radius 2 is 2.10 bits per heavy atom. The van der Waals surface area contributed by atoms with Gasteiger partial charge in [-0.3, -0.25) is 9.69 Å². The van der Waals surface area contributed by atoms with Crippen molar-refractivity contribution in [1.29, 1.82) is 0 Å². The summed E-state index contributed by atoms with van der Waals surface area (Å²) < 4.78 is 0.970. The van der Waals surface area contributed by atoms with Gasteiger partial charge >= 0.3 is 11.9 Å². The number of amides is 4. The molecule has 0 aliphatic carbocycles. The fraction of sp³-hybridized carbons (Fsp3) is 0.538. The van der Waals surface area contributed by atoms with Gasteiger partial charge in [-0.15, -0.1) is 16.3 Å². The van der Waals surface area contributed by atoms with E-state index in [2.05, 4.69) is 5.32 Å². The summed E-state index contributed by atoms with van der Waals surface area (Å²) in [6, 6.07) is -1.11. The van der Waals surface area contributed by atoms with Crippen LogP contribution in [0.3, 0.4) is 0 Å². The Hall–Kier alpha value is -1.63. The van der Waals surface area contributed by atoms with Gasteiger partial charge < -0.3 is 0 Å². The number of allylic oxidation sites excluding steroid dienone is 1. The van der Waals surface area contributed by atoms with E-state index in [0.717, 1.165) is 16.0 Å². The van der Waals surface area contributed by atoms with E-state index in [-0.39, 0.29) is 17.2 Å². The van der Waals surface area contributed by atoms with Gasteiger partial charge in [0.15, 0.2) is 0 Å². The first-order valence-corrected chi connectivity index (χ1v) is 7.44. The monoisotopic (exact) mass is 296 g/mol. The van der Waals surface area contributed by atoms with Crippen LogP contribution in [0.15, 0.2) is 11.3 Å². The number of thioether (sulfide) groups is 1. The zero-order valence-corrected chi connectivity index (χ0v) is 12.8. The van der Waals surface area contributed by atoms with E-state index in [4.69, 9.17) is 0 Å². The maximum atomic E-state index is 12.1. The highest BCUT2D eigenvalue weighted by atomic mass is 32.2. The zero-order valence-electron chi connectivity index (χ0n) is 12.0. The molecule has 1 fully saturated rings. The van der Waals surface area contributed by atoms with E-state index >= 15 is 0 Å². The second kappa shape index (κ2) is 5.40. The van der Waals surface area contributed by atoms with Crippen LogP contribution in [0.1, 0.15) is 27.7 Å². The number of fused-ring (bicyclic) bond motifs is 1. The van der Waals surface area contributed by atoms with Crippen LogP contribution < -0.4 is 5.32 Å². The van der Waals surface area contributed by atoms with E-state index in [1.54, 1.807) is 23.6 Å². The van der Waals surface area contributed by atoms with Crippen LogP contribution in [0.25, 0.3) is 0 Å². The van der Waals surface area contributed by atoms with Crippen molar-refractivity contribution in [2.75, 3.05) is 5.75 Å². The van der Waals surface area contributed by atoms with Gasteiger partial charge in [0.1, 0.15) is 5.37 Å². The summed E-state index contributed by atoms with van der Waals surface area (Å²) in [5.41, 5.74) is 2.14. The van der Waals surface area contributed by atoms with E-state index in [9.17, 15) is 14.4 Å². The summed E-state index contributed by atoms with van der Waals surface area (Å²) in [4.78, 5) is 37.1. The summed E-state index contributed by atoms with van der Waals surface area (Å²) in [6.45, 7) is 6.82. The first-order chi connectivity index (χ1) is 9.38. The molecule has 2 heterocycles. The summed E-state index contributed by atoms with van der Waals surface area (Å²) >= 11 is 1.63. The number of hydrogen-bond acceptors (Lipinski definition) is 4. The quantitative estimate of drug-likeness (QED) is 0.444. The third-order valence-electron chi connectivity index (χ3n) is 3.59. The van der Waals surface area contributed by atoms with Crippen LogP contribution in [-0.2, 0) is 9.59 Å². The number of imide groups is 1. The van der Waals surface area contributed by atoms with Crippen molar-refractivity contribution in [3.8, 4) is 0 Å². The fourth-order valence-electron chi connectivity index (χ4n) is 2.29. The Balaban J connectivity index is 2.09. The normalized spacial score (nSPS) is 26.1. The molecule has 0 aromatic heterocycles. The molecule has 20 heavy (non-hydrogen) atoms. The number of rotatable bonds is 1. The second-order valence-electron chi connectivity index (χ2n) is 4.85. The van der Waals surface area contributed by atoms with Crippen molar-refractivity contribution in [1.82, 2.24) is 10.2 Å². The minimum absolute atomic E-state index is 0.0687. The van der Waals surface area contributed by atoms with Gasteiger partial charge in [0.2, 0.25) is 6.04 Å². The molecule has 0 unspecified atom stereocenters. The van der Waals surface area contributed by atoms with Crippen LogP contribution in [-0.4, -0.2) is 50.7 Å². The van der Waals surface area contributed by atoms with Crippen LogP contribution in [0, 0.1) is 0 Å². The molecule has 7 heteroatoms. The molecule has 0 bridgehead atoms. The standard InChI is InChI=1S/C13H17N3O3S/c1-5-15(9(4)17)13(19)14-10-11(18)16-8(3)7(2)6-20-12(10)16/h5,10,12H,6H2,1-4H3/p+1/b15-5-/t10-,12-/m1/s1. The molecule has 0 aromatic rings. The maximum absolute atomic E-state index is 12.1. The molecule has 108 valence electrons. The number of hydrogen-bond donors (Lipinski definition) is 1. The lowest BCUT2D eigenvalue weighted by atomic mass is 10.0. The van der Waals surface area contributed by atoms with Crippen molar-refractivity contribution < 1.29 is 19.0 Å². The highest BCUT2D eigenvalue weighted by molar-refractivity contribution is 8.00. The maximum Gasteiger partial charge on any atom is 0.499 e. The van der Waals surface area contributed by atoms with Gasteiger partial charge in [0.05, 0.1) is 6.21 Å². The minimum Gasteiger partial charge on any atom is -0.295 e. The third kappa shape index (κ3) is 2.26. The molecule has 1 saturated heterocycles. The van der Waals surface area contributed by atoms with Crippen LogP contribution in [0.5, 0.6) is 0 Å². The average molecular weight is 296 g/mol. The zero-order chi connectivity index (χ0) is 15.0. The Morgan fingerprint density at radius 1 is 1.45 bits per heavy atom. The average Bonchev–Trinajstić information content (AvgIpc) is 2.39. The molecule has 0 radical (unpaired) electrons. The molecule has 0 spiro atoms. The van der Waals surface area contributed by atoms with Crippen molar-refractivity contribution in [2.24, 2.45) is 0 Å². The Labute approximate surface area is 121 Å². The van der Waals surface area contributed by atoms with E-state index in [1.807, 2.05) is 13.8 Å². The number of β-lactam (4-membered cyclic amide) rings is 1. The molecule has 2 atom stereocenters. The minimum atomic E-state index is -0.558. The number of nitrogens with one attached hydrogen (secondary N) is 1. The fourth-order valence-corrected chi connectivity index (χ4v) is 3.71. The van der Waals surface area contributed by atoms with Gasteiger partial charge in [-0.25, -0.2) is 10.1 Å². The summed E-state index contributed by atoms with van der Waals surface area (Å²) in [5.74, 6) is 0.354. The van der Waals surface area contributed by atoms with E-state index < -0.39 is 12.1 Å². The predicted octanol–water partition coefficient (Wildman–Crippen LogP) is 0.923. The first kappa shape index (κ1) is 14.8. The number of urea groups is 1. The topological polar surface area (TPSA) is 69.5 Å². The van der Waals surface area contributed by atoms with Gasteiger partial charge in [-0.1, -0.05) is 0 Å². The van der Waals surface area contributed by atoms with Crippen molar-refractivity contribution in [3.05, 3.63) is 11.3 Å². The van der Waals surface area contributed by atoms with Gasteiger partial charge in [0, 0.05) is 18.4 Å². The molecular weight excluding hydrogens is 278 g/mol. The van der Waals surface area contributed by atoms with E-state index in [1.165, 1.54) is 18.7 Å². The first-order valence-electron chi connectivity index (χ1n) is 6.39. The van der Waals surface area contributed by atoms with Gasteiger partial charge in [0.25, 0.3) is 5.91 Å². The Morgan fingerprint density at radius 3 is 2.65 bits per heavy atom. The van der Waals surface area contributed by atoms with Crippen molar-refractivity contribution >= 4 is 35.8 Å². The molecule has 4 amide bonds. The van der Waals surface area contributed by atoms with Crippen molar-refractivity contribution in [2.45, 2.75) is 39.1 Å². The lowest BCUT2D eigenvalue weighted by Gasteiger charge is -2.47. The predicted molar refractivity (Wildman–Crippen MR) is 76.5 cm³/mol. The molecule has 2 aliphatic heterocycles. The molecule has 0 aromatic carbocycles. The lowest BCUT2D eigenvalue weighted by Crippen LogP contribution is -2.70. The van der Waals surface area contributed by atoms with Crippen LogP contribution in [0.4, 0.5) is 4.79 Å². The molecule has 2 rings (SSSR count). The highest BCUT2D eigenvalue weighted by Crippen LogP contribution is 2.39. The summed E-state index contributed by atoms with van der Waals surface area (Å²) in [5, 5.41) is 2.56. The third-order valence-corrected chi connectivity index (χ3v) is 5.01. The molecule has 0 saturated carbocycles. The van der Waals surface area contributed by atoms with Crippen LogP contribution >= 0.6 is 11.8 Å². The largest absolute Gasteiger partial charge is 0.499 e. The second-order valence-corrected chi connectivity index (χ2v) is 5.95. The molecular formula is C13H18N3O3S+. The van der Waals surface area contributed by atoms with Crippen LogP contribution in [0.2, 0.25) is 0 Å². The smallest absolute Gasteiger partial charge is 0.295 e. The lowest BCUT2D eigenvalue weighted by molar-refractivity contribution is -0.353. The number of carbonyl (C=O) groups is 3. The van der Waals surface area contributed by atoms with Gasteiger partial charge in [-0.2, -0.15) is 4.79 Å². The Kier molecular flexibility index (Phi) is 3.99. The van der Waals surface area contributed by atoms with Gasteiger partial charge in [-0.05, 0) is 26.3 Å². The number of nitrogens with zero attached hydrogens (tertiary/aromatic N) is 2. The summed E-state index contributed by atoms with van der Waals surface area (Å²) in [6.07, 6.45) is 1.39. The van der Waals surface area contributed by atoms with E-state index in [0.29, 0.717) is 0 Å². The van der Waals surface area contributed by atoms with Crippen molar-refractivity contribution in [3.63, 3.8) is 0 Å². The Bertz CT molecular complexity index is 553. The highest BCUT2D eigenvalue weighted by Gasteiger charge is 2.54. The molecule has 6 nitrogen and oxygen atoms in total. The summed E-state index contributed by atoms with van der Waals surface area (Å²) in [7, 11) is 0.